The highest BCUT2D eigenvalue weighted by molar-refractivity contribution is 9.10. The molecule has 2 aromatic rings. The first kappa shape index (κ1) is 17.4. The van der Waals surface area contributed by atoms with Gasteiger partial charge in [-0.15, -0.1) is 12.4 Å². The summed E-state index contributed by atoms with van der Waals surface area (Å²) in [5, 5.41) is 3.94. The van der Waals surface area contributed by atoms with E-state index in [9.17, 15) is 0 Å². The number of aromatic nitrogens is 2. The van der Waals surface area contributed by atoms with Crippen molar-refractivity contribution in [1.29, 1.82) is 0 Å². The Bertz CT molecular complexity index is 593. The number of benzene rings is 1. The van der Waals surface area contributed by atoms with Gasteiger partial charge in [0, 0.05) is 17.6 Å². The van der Waals surface area contributed by atoms with Crippen molar-refractivity contribution in [3.63, 3.8) is 0 Å². The molecule has 1 aromatic carbocycles. The fourth-order valence-corrected chi connectivity index (χ4v) is 2.63. The molecule has 1 aliphatic rings. The first-order chi connectivity index (χ1) is 10.2. The van der Waals surface area contributed by atoms with Crippen molar-refractivity contribution in [3.05, 3.63) is 46.0 Å². The highest BCUT2D eigenvalue weighted by Crippen LogP contribution is 2.24. The standard InChI is InChI=1S/C14H17BrN4O2.ClH/c15-11-3-1-10(2-4-11)12-8-19(5-6-20-12)9-13-17-14(7-16)21-18-13;/h1-4,12H,5-9,16H2;1H. The maximum atomic E-state index is 5.86. The van der Waals surface area contributed by atoms with E-state index in [1.165, 1.54) is 5.56 Å². The van der Waals surface area contributed by atoms with E-state index in [1.807, 2.05) is 12.1 Å². The van der Waals surface area contributed by atoms with Gasteiger partial charge in [0.2, 0.25) is 5.89 Å². The zero-order chi connectivity index (χ0) is 14.7. The smallest absolute Gasteiger partial charge is 0.240 e. The van der Waals surface area contributed by atoms with Crippen LogP contribution in [-0.4, -0.2) is 34.7 Å². The van der Waals surface area contributed by atoms with Crippen LogP contribution < -0.4 is 5.73 Å². The molecule has 2 heterocycles. The number of ether oxygens (including phenoxy) is 1. The molecule has 8 heteroatoms. The van der Waals surface area contributed by atoms with Gasteiger partial charge in [0.1, 0.15) is 0 Å². The zero-order valence-corrected chi connectivity index (χ0v) is 14.3. The van der Waals surface area contributed by atoms with Gasteiger partial charge in [0.25, 0.3) is 0 Å². The number of rotatable bonds is 4. The van der Waals surface area contributed by atoms with Crippen LogP contribution in [0.4, 0.5) is 0 Å². The quantitative estimate of drug-likeness (QED) is 0.864. The van der Waals surface area contributed by atoms with E-state index in [1.54, 1.807) is 0 Å². The van der Waals surface area contributed by atoms with Crippen LogP contribution in [0.1, 0.15) is 23.4 Å². The lowest BCUT2D eigenvalue weighted by Crippen LogP contribution is -2.38. The fraction of sp³-hybridized carbons (Fsp3) is 0.429. The lowest BCUT2D eigenvalue weighted by molar-refractivity contribution is -0.0338. The van der Waals surface area contributed by atoms with Crippen LogP contribution in [0.3, 0.4) is 0 Å². The second kappa shape index (κ2) is 8.03. The molecule has 1 atom stereocenters. The van der Waals surface area contributed by atoms with Crippen molar-refractivity contribution < 1.29 is 9.26 Å². The van der Waals surface area contributed by atoms with Crippen molar-refractivity contribution in [2.75, 3.05) is 19.7 Å². The lowest BCUT2D eigenvalue weighted by atomic mass is 10.1. The first-order valence-corrected chi connectivity index (χ1v) is 7.65. The second-order valence-corrected chi connectivity index (χ2v) is 5.87. The molecule has 1 fully saturated rings. The Morgan fingerprint density at radius 2 is 2.09 bits per heavy atom. The summed E-state index contributed by atoms with van der Waals surface area (Å²) < 4.78 is 12.0. The molecule has 6 nitrogen and oxygen atoms in total. The van der Waals surface area contributed by atoms with Crippen LogP contribution in [0.25, 0.3) is 0 Å². The van der Waals surface area contributed by atoms with Crippen molar-refractivity contribution in [2.24, 2.45) is 5.73 Å². The van der Waals surface area contributed by atoms with Crippen LogP contribution in [0.5, 0.6) is 0 Å². The number of nitrogens with two attached hydrogens (primary N) is 1. The molecule has 0 aliphatic carbocycles. The minimum atomic E-state index is 0. The van der Waals surface area contributed by atoms with Gasteiger partial charge >= 0.3 is 0 Å². The Labute approximate surface area is 143 Å². The average molecular weight is 390 g/mol. The molecule has 0 saturated carbocycles. The highest BCUT2D eigenvalue weighted by atomic mass is 79.9. The third-order valence-corrected chi connectivity index (χ3v) is 3.97. The summed E-state index contributed by atoms with van der Waals surface area (Å²) in [5.41, 5.74) is 6.65. The topological polar surface area (TPSA) is 77.4 Å². The van der Waals surface area contributed by atoms with Gasteiger partial charge in [0.15, 0.2) is 5.82 Å². The predicted molar refractivity (Wildman–Crippen MR) is 87.5 cm³/mol. The number of morpholine rings is 1. The Morgan fingerprint density at radius 1 is 1.32 bits per heavy atom. The fourth-order valence-electron chi connectivity index (χ4n) is 2.36. The van der Waals surface area contributed by atoms with Crippen molar-refractivity contribution >= 4 is 28.3 Å². The zero-order valence-electron chi connectivity index (χ0n) is 11.9. The molecule has 2 N–H and O–H groups in total. The summed E-state index contributed by atoms with van der Waals surface area (Å²) >= 11 is 3.45. The average Bonchev–Trinajstić information content (AvgIpc) is 2.96. The maximum Gasteiger partial charge on any atom is 0.240 e. The van der Waals surface area contributed by atoms with Gasteiger partial charge in [-0.2, -0.15) is 4.98 Å². The minimum Gasteiger partial charge on any atom is -0.371 e. The molecular formula is C14H18BrClN4O2. The predicted octanol–water partition coefficient (Wildman–Crippen LogP) is 2.29. The maximum absolute atomic E-state index is 5.86. The lowest BCUT2D eigenvalue weighted by Gasteiger charge is -2.32. The van der Waals surface area contributed by atoms with Crippen molar-refractivity contribution in [3.8, 4) is 0 Å². The molecule has 22 heavy (non-hydrogen) atoms. The number of hydrogen-bond donors (Lipinski definition) is 1. The highest BCUT2D eigenvalue weighted by Gasteiger charge is 2.23. The number of hydrogen-bond acceptors (Lipinski definition) is 6. The van der Waals surface area contributed by atoms with Crippen LogP contribution in [0.2, 0.25) is 0 Å². The summed E-state index contributed by atoms with van der Waals surface area (Å²) in [6, 6.07) is 8.23. The summed E-state index contributed by atoms with van der Waals surface area (Å²) in [4.78, 5) is 6.51. The third-order valence-electron chi connectivity index (χ3n) is 3.44. The van der Waals surface area contributed by atoms with Crippen molar-refractivity contribution in [1.82, 2.24) is 15.0 Å². The normalized spacial score (nSPS) is 18.9. The molecular weight excluding hydrogens is 372 g/mol. The SMILES string of the molecule is Cl.NCc1nc(CN2CCOC(c3ccc(Br)cc3)C2)no1. The molecule has 0 amide bonds. The molecule has 1 unspecified atom stereocenters. The Balaban J connectivity index is 0.00000176. The van der Waals surface area contributed by atoms with E-state index in [0.29, 0.717) is 24.9 Å². The van der Waals surface area contributed by atoms with Gasteiger partial charge in [-0.3, -0.25) is 4.90 Å². The molecule has 1 saturated heterocycles. The molecule has 0 radical (unpaired) electrons. The van der Waals surface area contributed by atoms with Gasteiger partial charge < -0.3 is 15.0 Å². The van der Waals surface area contributed by atoms with Crippen LogP contribution in [-0.2, 0) is 17.8 Å². The second-order valence-electron chi connectivity index (χ2n) is 4.95. The summed E-state index contributed by atoms with van der Waals surface area (Å²) in [5.74, 6) is 1.15. The molecule has 1 aromatic heterocycles. The molecule has 120 valence electrons. The van der Waals surface area contributed by atoms with E-state index in [4.69, 9.17) is 15.0 Å². The minimum absolute atomic E-state index is 0. The molecule has 0 spiro atoms. The van der Waals surface area contributed by atoms with Crippen LogP contribution in [0.15, 0.2) is 33.3 Å². The monoisotopic (exact) mass is 388 g/mol. The van der Waals surface area contributed by atoms with E-state index in [-0.39, 0.29) is 25.1 Å². The third kappa shape index (κ3) is 4.27. The van der Waals surface area contributed by atoms with Crippen LogP contribution >= 0.6 is 28.3 Å². The Hall–Kier alpha value is -0.990. The largest absolute Gasteiger partial charge is 0.371 e. The van der Waals surface area contributed by atoms with E-state index in [2.05, 4.69) is 43.1 Å². The van der Waals surface area contributed by atoms with Crippen molar-refractivity contribution in [2.45, 2.75) is 19.2 Å². The number of nitrogens with zero attached hydrogens (tertiary/aromatic N) is 3. The van der Waals surface area contributed by atoms with E-state index in [0.717, 1.165) is 17.6 Å². The van der Waals surface area contributed by atoms with Gasteiger partial charge in [0.05, 0.1) is 25.8 Å². The van der Waals surface area contributed by atoms with E-state index < -0.39 is 0 Å². The first-order valence-electron chi connectivity index (χ1n) is 6.85. The van der Waals surface area contributed by atoms with Gasteiger partial charge in [-0.25, -0.2) is 0 Å². The van der Waals surface area contributed by atoms with Crippen LogP contribution in [0, 0.1) is 0 Å². The van der Waals surface area contributed by atoms with Gasteiger partial charge in [-0.05, 0) is 17.7 Å². The van der Waals surface area contributed by atoms with Gasteiger partial charge in [-0.1, -0.05) is 33.2 Å². The summed E-state index contributed by atoms with van der Waals surface area (Å²) in [6.45, 7) is 3.30. The molecule has 0 bridgehead atoms. The summed E-state index contributed by atoms with van der Waals surface area (Å²) in [7, 11) is 0. The summed E-state index contributed by atoms with van der Waals surface area (Å²) in [6.07, 6.45) is 0.0766. The number of halogens is 2. The Kier molecular flexibility index (Phi) is 6.34. The molecule has 3 rings (SSSR count). The molecule has 1 aliphatic heterocycles. The Morgan fingerprint density at radius 3 is 2.77 bits per heavy atom. The van der Waals surface area contributed by atoms with E-state index >= 15 is 0 Å².